The predicted octanol–water partition coefficient (Wildman–Crippen LogP) is 2.33. The van der Waals surface area contributed by atoms with Crippen LogP contribution in [-0.2, 0) is 16.0 Å². The van der Waals surface area contributed by atoms with Crippen LogP contribution in [0.15, 0.2) is 21.3 Å². The van der Waals surface area contributed by atoms with Gasteiger partial charge in [-0.15, -0.1) is 0 Å². The molecule has 0 radical (unpaired) electrons. The molecule has 0 aliphatic heterocycles. The molecule has 2 rings (SSSR count). The Morgan fingerprint density at radius 1 is 1.31 bits per heavy atom. The van der Waals surface area contributed by atoms with Gasteiger partial charge in [-0.05, 0) is 43.5 Å². The number of carboxylic acids is 1. The predicted molar refractivity (Wildman–Crippen MR) is 96.7 cm³/mol. The number of carboxylic acid groups (broad SMARTS) is 1. The minimum Gasteiger partial charge on any atom is -0.496 e. The monoisotopic (exact) mass is 361 g/mol. The number of aryl methyl sites for hydroxylation is 2. The fraction of sp³-hybridized carbons (Fsp3) is 0.421. The van der Waals surface area contributed by atoms with E-state index in [-0.39, 0.29) is 12.0 Å². The van der Waals surface area contributed by atoms with Crippen LogP contribution in [-0.4, -0.2) is 30.1 Å². The molecule has 1 atom stereocenters. The number of ether oxygens (including phenoxy) is 1. The number of amides is 1. The fourth-order valence-electron chi connectivity index (χ4n) is 2.95. The van der Waals surface area contributed by atoms with Gasteiger partial charge in [0.1, 0.15) is 17.4 Å². The SMILES string of the molecule is CCCC(NC(=O)Cc1c(C)c2c(OC)cc(C)cc2oc1=O)C(=O)O. The average Bonchev–Trinajstić information content (AvgIpc) is 2.56. The van der Waals surface area contributed by atoms with Gasteiger partial charge >= 0.3 is 11.6 Å². The Hall–Kier alpha value is -2.83. The third-order valence-electron chi connectivity index (χ3n) is 4.25. The largest absolute Gasteiger partial charge is 0.496 e. The Bertz CT molecular complexity index is 899. The standard InChI is InChI=1S/C19H23NO6/c1-5-6-13(18(22)23)20-16(21)9-12-11(3)17-14(25-4)7-10(2)8-15(17)26-19(12)24/h7-8,13H,5-6,9H2,1-4H3,(H,20,21)(H,22,23). The molecule has 26 heavy (non-hydrogen) atoms. The lowest BCUT2D eigenvalue weighted by Gasteiger charge is -2.15. The zero-order chi connectivity index (χ0) is 19.4. The number of carbonyl (C=O) groups excluding carboxylic acids is 1. The summed E-state index contributed by atoms with van der Waals surface area (Å²) in [5.74, 6) is -1.08. The van der Waals surface area contributed by atoms with Crippen LogP contribution in [0.25, 0.3) is 11.0 Å². The summed E-state index contributed by atoms with van der Waals surface area (Å²) in [7, 11) is 1.52. The number of fused-ring (bicyclic) bond motifs is 1. The van der Waals surface area contributed by atoms with Crippen LogP contribution < -0.4 is 15.7 Å². The first-order chi connectivity index (χ1) is 12.3. The molecule has 0 saturated heterocycles. The highest BCUT2D eigenvalue weighted by molar-refractivity contribution is 5.90. The summed E-state index contributed by atoms with van der Waals surface area (Å²) in [6, 6.07) is 2.58. The highest BCUT2D eigenvalue weighted by Crippen LogP contribution is 2.30. The minimum absolute atomic E-state index is 0.192. The topological polar surface area (TPSA) is 106 Å². The van der Waals surface area contributed by atoms with Crippen molar-refractivity contribution in [2.75, 3.05) is 7.11 Å². The zero-order valence-electron chi connectivity index (χ0n) is 15.3. The molecule has 1 unspecified atom stereocenters. The second-order valence-electron chi connectivity index (χ2n) is 6.26. The number of hydrogen-bond acceptors (Lipinski definition) is 5. The van der Waals surface area contributed by atoms with Crippen molar-refractivity contribution in [3.05, 3.63) is 39.2 Å². The van der Waals surface area contributed by atoms with Crippen LogP contribution >= 0.6 is 0 Å². The first-order valence-electron chi connectivity index (χ1n) is 8.41. The number of carbonyl (C=O) groups is 2. The Balaban J connectivity index is 2.41. The van der Waals surface area contributed by atoms with Gasteiger partial charge in [0.15, 0.2) is 0 Å². The van der Waals surface area contributed by atoms with E-state index in [0.717, 1.165) is 5.56 Å². The van der Waals surface area contributed by atoms with Crippen molar-refractivity contribution < 1.29 is 23.8 Å². The minimum atomic E-state index is -1.10. The van der Waals surface area contributed by atoms with Gasteiger partial charge in [-0.25, -0.2) is 9.59 Å². The van der Waals surface area contributed by atoms with Gasteiger partial charge in [0.25, 0.3) is 0 Å². The van der Waals surface area contributed by atoms with E-state index in [1.54, 1.807) is 13.0 Å². The van der Waals surface area contributed by atoms with Crippen molar-refractivity contribution in [1.29, 1.82) is 0 Å². The lowest BCUT2D eigenvalue weighted by molar-refractivity contribution is -0.141. The molecule has 0 aliphatic carbocycles. The molecule has 2 N–H and O–H groups in total. The molecule has 1 aromatic heterocycles. The maximum atomic E-state index is 12.3. The Labute approximate surface area is 151 Å². The number of aliphatic carboxylic acids is 1. The van der Waals surface area contributed by atoms with Crippen molar-refractivity contribution in [2.45, 2.75) is 46.1 Å². The van der Waals surface area contributed by atoms with E-state index >= 15 is 0 Å². The van der Waals surface area contributed by atoms with E-state index in [0.29, 0.717) is 35.1 Å². The van der Waals surface area contributed by atoms with Crippen molar-refractivity contribution >= 4 is 22.8 Å². The maximum Gasteiger partial charge on any atom is 0.340 e. The molecule has 0 saturated carbocycles. The number of benzene rings is 1. The normalized spacial score (nSPS) is 12.0. The lowest BCUT2D eigenvalue weighted by atomic mass is 10.0. The molecule has 0 fully saturated rings. The molecule has 1 amide bonds. The zero-order valence-corrected chi connectivity index (χ0v) is 15.3. The Kier molecular flexibility index (Phi) is 6.02. The van der Waals surface area contributed by atoms with Crippen molar-refractivity contribution in [2.24, 2.45) is 0 Å². The highest BCUT2D eigenvalue weighted by atomic mass is 16.5. The molecular formula is C19H23NO6. The molecular weight excluding hydrogens is 338 g/mol. The van der Waals surface area contributed by atoms with Gasteiger partial charge in [-0.2, -0.15) is 0 Å². The van der Waals surface area contributed by atoms with Crippen molar-refractivity contribution in [3.63, 3.8) is 0 Å². The van der Waals surface area contributed by atoms with E-state index < -0.39 is 23.5 Å². The van der Waals surface area contributed by atoms with Gasteiger partial charge in [0.05, 0.1) is 24.5 Å². The molecule has 7 nitrogen and oxygen atoms in total. The molecule has 1 heterocycles. The first kappa shape index (κ1) is 19.5. The second kappa shape index (κ2) is 8.03. The average molecular weight is 361 g/mol. The van der Waals surface area contributed by atoms with E-state index in [1.807, 2.05) is 19.9 Å². The van der Waals surface area contributed by atoms with Crippen LogP contribution in [0.3, 0.4) is 0 Å². The van der Waals surface area contributed by atoms with Gasteiger partial charge in [-0.1, -0.05) is 13.3 Å². The Morgan fingerprint density at radius 2 is 2.00 bits per heavy atom. The van der Waals surface area contributed by atoms with E-state index in [4.69, 9.17) is 14.3 Å². The first-order valence-corrected chi connectivity index (χ1v) is 8.41. The highest BCUT2D eigenvalue weighted by Gasteiger charge is 2.22. The molecule has 140 valence electrons. The van der Waals surface area contributed by atoms with E-state index in [9.17, 15) is 14.4 Å². The summed E-state index contributed by atoms with van der Waals surface area (Å²) < 4.78 is 10.7. The fourth-order valence-corrected chi connectivity index (χ4v) is 2.95. The summed E-state index contributed by atoms with van der Waals surface area (Å²) in [4.78, 5) is 35.8. The molecule has 0 bridgehead atoms. The van der Waals surface area contributed by atoms with Crippen LogP contribution in [0.4, 0.5) is 0 Å². The van der Waals surface area contributed by atoms with Gasteiger partial charge in [-0.3, -0.25) is 4.79 Å². The summed E-state index contributed by atoms with van der Waals surface area (Å²) in [6.07, 6.45) is 0.680. The van der Waals surface area contributed by atoms with Crippen molar-refractivity contribution in [1.82, 2.24) is 5.32 Å². The number of methoxy groups -OCH3 is 1. The third-order valence-corrected chi connectivity index (χ3v) is 4.25. The van der Waals surface area contributed by atoms with Crippen LogP contribution in [0.1, 0.15) is 36.5 Å². The smallest absolute Gasteiger partial charge is 0.340 e. The summed E-state index contributed by atoms with van der Waals surface area (Å²) in [6.45, 7) is 5.41. The van der Waals surface area contributed by atoms with Gasteiger partial charge in [0, 0.05) is 0 Å². The Morgan fingerprint density at radius 3 is 2.58 bits per heavy atom. The third kappa shape index (κ3) is 4.04. The van der Waals surface area contributed by atoms with E-state index in [1.165, 1.54) is 7.11 Å². The van der Waals surface area contributed by atoms with Gasteiger partial charge in [0.2, 0.25) is 5.91 Å². The molecule has 7 heteroatoms. The number of hydrogen-bond donors (Lipinski definition) is 2. The number of nitrogens with one attached hydrogen (secondary N) is 1. The van der Waals surface area contributed by atoms with Crippen LogP contribution in [0, 0.1) is 13.8 Å². The van der Waals surface area contributed by atoms with Gasteiger partial charge < -0.3 is 19.6 Å². The molecule has 0 aliphatic rings. The van der Waals surface area contributed by atoms with Crippen LogP contribution in [0.2, 0.25) is 0 Å². The summed E-state index contributed by atoms with van der Waals surface area (Å²) in [5, 5.41) is 12.2. The molecule has 1 aromatic carbocycles. The lowest BCUT2D eigenvalue weighted by Crippen LogP contribution is -2.41. The van der Waals surface area contributed by atoms with E-state index in [2.05, 4.69) is 5.32 Å². The van der Waals surface area contributed by atoms with Crippen LogP contribution in [0.5, 0.6) is 5.75 Å². The molecule has 0 spiro atoms. The second-order valence-corrected chi connectivity index (χ2v) is 6.26. The summed E-state index contributed by atoms with van der Waals surface area (Å²) >= 11 is 0. The van der Waals surface area contributed by atoms with Crippen molar-refractivity contribution in [3.8, 4) is 5.75 Å². The molecule has 2 aromatic rings. The quantitative estimate of drug-likeness (QED) is 0.733. The maximum absolute atomic E-state index is 12.3. The number of rotatable bonds is 7. The summed E-state index contributed by atoms with van der Waals surface area (Å²) in [5.41, 5.74) is 1.44.